The Bertz CT molecular complexity index is 695. The van der Waals surface area contributed by atoms with Gasteiger partial charge < -0.3 is 25.2 Å². The molecule has 0 amide bonds. The minimum Gasteiger partial charge on any atom is -0.511 e. The van der Waals surface area contributed by atoms with Crippen molar-refractivity contribution < 1.29 is 30.0 Å². The van der Waals surface area contributed by atoms with Crippen molar-refractivity contribution in [3.05, 3.63) is 59.3 Å². The number of fused-ring (bicyclic) bond motifs is 1. The average Bonchev–Trinajstić information content (AvgIpc) is 2.43. The summed E-state index contributed by atoms with van der Waals surface area (Å²) in [6.07, 6.45) is 1.43. The molecule has 2 unspecified atom stereocenters. The summed E-state index contributed by atoms with van der Waals surface area (Å²) >= 11 is 0. The third-order valence-corrected chi connectivity index (χ3v) is 3.39. The van der Waals surface area contributed by atoms with Gasteiger partial charge in [0, 0.05) is 11.6 Å². The zero-order chi connectivity index (χ0) is 15.1. The summed E-state index contributed by atoms with van der Waals surface area (Å²) in [5.41, 5.74) is 0.402. The Morgan fingerprint density at radius 2 is 1.67 bits per heavy atom. The second-order valence-electron chi connectivity index (χ2n) is 4.81. The Morgan fingerprint density at radius 1 is 1.00 bits per heavy atom. The molecule has 1 aliphatic carbocycles. The quantitative estimate of drug-likeness (QED) is 0.630. The first-order valence-electron chi connectivity index (χ1n) is 6.22. The highest BCUT2D eigenvalue weighted by molar-refractivity contribution is 6.03. The van der Waals surface area contributed by atoms with E-state index in [1.165, 1.54) is 30.3 Å². The van der Waals surface area contributed by atoms with Gasteiger partial charge in [0.05, 0.1) is 0 Å². The zero-order valence-corrected chi connectivity index (χ0v) is 10.7. The summed E-state index contributed by atoms with van der Waals surface area (Å²) in [4.78, 5) is 12.2. The van der Waals surface area contributed by atoms with Crippen molar-refractivity contribution in [1.29, 1.82) is 0 Å². The van der Waals surface area contributed by atoms with E-state index in [0.717, 1.165) is 6.08 Å². The number of hydrogen-bond acceptors (Lipinski definition) is 6. The molecule has 0 saturated heterocycles. The first-order chi connectivity index (χ1) is 9.97. The number of aliphatic hydroxyl groups is 3. The SMILES string of the molecule is O=C1C(O)=C(c2ccc(O)cc2)OC2C=C(O)C=C(O)C12. The Morgan fingerprint density at radius 3 is 2.33 bits per heavy atom. The molecule has 2 atom stereocenters. The lowest BCUT2D eigenvalue weighted by Gasteiger charge is -2.32. The van der Waals surface area contributed by atoms with Crippen molar-refractivity contribution in [3.63, 3.8) is 0 Å². The number of rotatable bonds is 1. The van der Waals surface area contributed by atoms with Gasteiger partial charge in [-0.25, -0.2) is 0 Å². The van der Waals surface area contributed by atoms with Gasteiger partial charge in [0.25, 0.3) is 0 Å². The van der Waals surface area contributed by atoms with Crippen LogP contribution in [0, 0.1) is 5.92 Å². The number of Topliss-reactive ketones (excluding diaryl/α,β-unsaturated/α-hetero) is 1. The lowest BCUT2D eigenvalue weighted by Crippen LogP contribution is -2.38. The minimum atomic E-state index is -1.07. The Hall–Kier alpha value is -2.89. The molecule has 2 aliphatic rings. The number of phenolic OH excluding ortho intramolecular Hbond substituents is 1. The third kappa shape index (κ3) is 2.10. The molecular formula is C15H12O6. The van der Waals surface area contributed by atoms with Crippen molar-refractivity contribution in [1.82, 2.24) is 0 Å². The van der Waals surface area contributed by atoms with Crippen molar-refractivity contribution in [2.75, 3.05) is 0 Å². The average molecular weight is 288 g/mol. The van der Waals surface area contributed by atoms with Crippen LogP contribution in [-0.2, 0) is 9.53 Å². The van der Waals surface area contributed by atoms with Gasteiger partial charge >= 0.3 is 0 Å². The Labute approximate surface area is 119 Å². The molecule has 0 fully saturated rings. The molecule has 1 aliphatic heterocycles. The van der Waals surface area contributed by atoms with E-state index in [1.807, 2.05) is 0 Å². The molecule has 1 aromatic rings. The lowest BCUT2D eigenvalue weighted by molar-refractivity contribution is -0.125. The molecule has 1 aromatic carbocycles. The van der Waals surface area contributed by atoms with Gasteiger partial charge in [-0.15, -0.1) is 0 Å². The van der Waals surface area contributed by atoms with E-state index >= 15 is 0 Å². The largest absolute Gasteiger partial charge is 0.511 e. The van der Waals surface area contributed by atoms with Crippen molar-refractivity contribution in [3.8, 4) is 5.75 Å². The van der Waals surface area contributed by atoms with Crippen LogP contribution in [0.1, 0.15) is 5.56 Å². The standard InChI is InChI=1S/C15H12O6/c16-8-3-1-7(2-4-8)15-14(20)13(19)12-10(18)5-9(17)6-11(12)21-15/h1-6,11-12,16-18,20H. The molecule has 4 N–H and O–H groups in total. The predicted octanol–water partition coefficient (Wildman–Crippen LogP) is 2.10. The molecule has 6 nitrogen and oxygen atoms in total. The van der Waals surface area contributed by atoms with E-state index < -0.39 is 23.6 Å². The highest BCUT2D eigenvalue weighted by Gasteiger charge is 2.43. The van der Waals surface area contributed by atoms with Crippen LogP contribution in [0.2, 0.25) is 0 Å². The summed E-state index contributed by atoms with van der Waals surface area (Å²) < 4.78 is 5.53. The summed E-state index contributed by atoms with van der Waals surface area (Å²) in [6.45, 7) is 0. The van der Waals surface area contributed by atoms with Crippen molar-refractivity contribution >= 4 is 11.5 Å². The molecule has 0 bridgehead atoms. The molecule has 6 heteroatoms. The van der Waals surface area contributed by atoms with Gasteiger partial charge in [0.2, 0.25) is 11.5 Å². The molecule has 0 aromatic heterocycles. The van der Waals surface area contributed by atoms with E-state index in [1.54, 1.807) is 0 Å². The molecule has 0 saturated carbocycles. The number of carbonyl (C=O) groups excluding carboxylic acids is 1. The van der Waals surface area contributed by atoms with Crippen molar-refractivity contribution in [2.24, 2.45) is 5.92 Å². The van der Waals surface area contributed by atoms with E-state index in [-0.39, 0.29) is 23.0 Å². The predicted molar refractivity (Wildman–Crippen MR) is 72.4 cm³/mol. The highest BCUT2D eigenvalue weighted by atomic mass is 16.5. The number of aliphatic hydroxyl groups excluding tert-OH is 3. The van der Waals surface area contributed by atoms with Crippen LogP contribution in [0.5, 0.6) is 5.75 Å². The fraction of sp³-hybridized carbons (Fsp3) is 0.133. The Balaban J connectivity index is 2.05. The minimum absolute atomic E-state index is 0.0367. The first-order valence-corrected chi connectivity index (χ1v) is 6.22. The van der Waals surface area contributed by atoms with Gasteiger partial charge in [0.15, 0.2) is 5.76 Å². The maximum Gasteiger partial charge on any atom is 0.215 e. The maximum atomic E-state index is 12.2. The van der Waals surface area contributed by atoms with E-state index in [4.69, 9.17) is 4.74 Å². The monoisotopic (exact) mass is 288 g/mol. The van der Waals surface area contributed by atoms with E-state index in [9.17, 15) is 25.2 Å². The second-order valence-corrected chi connectivity index (χ2v) is 4.81. The van der Waals surface area contributed by atoms with Gasteiger partial charge in [-0.2, -0.15) is 0 Å². The van der Waals surface area contributed by atoms with Crippen LogP contribution < -0.4 is 0 Å². The topological polar surface area (TPSA) is 107 Å². The van der Waals surface area contributed by atoms with E-state index in [0.29, 0.717) is 5.56 Å². The van der Waals surface area contributed by atoms with Crippen LogP contribution in [0.25, 0.3) is 5.76 Å². The maximum absolute atomic E-state index is 12.2. The number of allylic oxidation sites excluding steroid dienone is 2. The van der Waals surface area contributed by atoms with Crippen molar-refractivity contribution in [2.45, 2.75) is 6.10 Å². The lowest BCUT2D eigenvalue weighted by atomic mass is 9.87. The van der Waals surface area contributed by atoms with Crippen LogP contribution in [-0.4, -0.2) is 32.3 Å². The van der Waals surface area contributed by atoms with Crippen LogP contribution in [0.4, 0.5) is 0 Å². The number of aromatic hydroxyl groups is 1. The number of ether oxygens (including phenoxy) is 1. The van der Waals surface area contributed by atoms with Gasteiger partial charge in [-0.1, -0.05) is 0 Å². The Kier molecular flexibility index (Phi) is 2.86. The van der Waals surface area contributed by atoms with Gasteiger partial charge in [-0.05, 0) is 30.3 Å². The number of carbonyl (C=O) groups is 1. The third-order valence-electron chi connectivity index (χ3n) is 3.39. The number of phenols is 1. The molecule has 1 heterocycles. The number of benzene rings is 1. The molecule has 21 heavy (non-hydrogen) atoms. The molecular weight excluding hydrogens is 276 g/mol. The molecule has 0 radical (unpaired) electrons. The fourth-order valence-electron chi connectivity index (χ4n) is 2.38. The van der Waals surface area contributed by atoms with Crippen LogP contribution in [0.3, 0.4) is 0 Å². The number of ketones is 1. The summed E-state index contributed by atoms with van der Waals surface area (Å²) in [5, 5.41) is 38.5. The molecule has 108 valence electrons. The smallest absolute Gasteiger partial charge is 0.215 e. The zero-order valence-electron chi connectivity index (χ0n) is 10.7. The van der Waals surface area contributed by atoms with E-state index in [2.05, 4.69) is 0 Å². The summed E-state index contributed by atoms with van der Waals surface area (Å²) in [6, 6.07) is 5.75. The van der Waals surface area contributed by atoms with Crippen LogP contribution >= 0.6 is 0 Å². The summed E-state index contributed by atoms with van der Waals surface area (Å²) in [5.74, 6) is -2.95. The summed E-state index contributed by atoms with van der Waals surface area (Å²) in [7, 11) is 0. The first kappa shape index (κ1) is 13.1. The normalized spacial score (nSPS) is 24.9. The van der Waals surface area contributed by atoms with Crippen LogP contribution in [0.15, 0.2) is 53.7 Å². The highest BCUT2D eigenvalue weighted by Crippen LogP contribution is 2.37. The fourth-order valence-corrected chi connectivity index (χ4v) is 2.38. The van der Waals surface area contributed by atoms with Gasteiger partial charge in [-0.3, -0.25) is 4.79 Å². The molecule has 0 spiro atoms. The molecule has 3 rings (SSSR count). The second kappa shape index (κ2) is 4.59. The number of hydrogen-bond donors (Lipinski definition) is 4. The van der Waals surface area contributed by atoms with Gasteiger partial charge in [0.1, 0.15) is 29.3 Å².